The van der Waals surface area contributed by atoms with Gasteiger partial charge in [0.1, 0.15) is 6.10 Å². The molecule has 2 aliphatic rings. The molecule has 0 unspecified atom stereocenters. The van der Waals surface area contributed by atoms with Crippen molar-refractivity contribution in [1.29, 1.82) is 0 Å². The van der Waals surface area contributed by atoms with Gasteiger partial charge in [-0.15, -0.1) is 11.3 Å². The number of anilines is 1. The highest BCUT2D eigenvalue weighted by Crippen LogP contribution is 2.19. The predicted molar refractivity (Wildman–Crippen MR) is 95.7 cm³/mol. The molecule has 2 aliphatic heterocycles. The highest BCUT2D eigenvalue weighted by atomic mass is 32.1. The SMILES string of the molecule is O=C(C[C@@H]1C=C[C@@H](NC(=O)C2CCOCC2)[C@@H](CO)O1)Nc1nccs1. The van der Waals surface area contributed by atoms with Crippen molar-refractivity contribution in [2.75, 3.05) is 25.1 Å². The van der Waals surface area contributed by atoms with E-state index in [-0.39, 0.29) is 30.8 Å². The van der Waals surface area contributed by atoms with E-state index in [0.29, 0.717) is 31.2 Å². The van der Waals surface area contributed by atoms with Gasteiger partial charge in [0.05, 0.1) is 25.2 Å². The number of carbonyl (C=O) groups is 2. The molecule has 9 heteroatoms. The lowest BCUT2D eigenvalue weighted by Crippen LogP contribution is -2.50. The van der Waals surface area contributed by atoms with Gasteiger partial charge in [0, 0.05) is 30.7 Å². The van der Waals surface area contributed by atoms with Crippen molar-refractivity contribution < 1.29 is 24.2 Å². The number of hydrogen-bond acceptors (Lipinski definition) is 7. The predicted octanol–water partition coefficient (Wildman–Crippen LogP) is 0.699. The summed E-state index contributed by atoms with van der Waals surface area (Å²) in [4.78, 5) is 28.4. The molecule has 3 heterocycles. The van der Waals surface area contributed by atoms with Gasteiger partial charge < -0.3 is 25.2 Å². The first-order chi connectivity index (χ1) is 12.7. The zero-order valence-electron chi connectivity index (χ0n) is 14.3. The quantitative estimate of drug-likeness (QED) is 0.626. The van der Waals surface area contributed by atoms with Gasteiger partial charge in [-0.2, -0.15) is 0 Å². The molecule has 0 bridgehead atoms. The van der Waals surface area contributed by atoms with E-state index >= 15 is 0 Å². The van der Waals surface area contributed by atoms with E-state index in [1.54, 1.807) is 23.7 Å². The number of aliphatic hydroxyl groups is 1. The van der Waals surface area contributed by atoms with Crippen LogP contribution in [0.1, 0.15) is 19.3 Å². The third-order valence-electron chi connectivity index (χ3n) is 4.43. The van der Waals surface area contributed by atoms with Gasteiger partial charge in [-0.1, -0.05) is 12.2 Å². The van der Waals surface area contributed by atoms with Crippen molar-refractivity contribution in [3.8, 4) is 0 Å². The Labute approximate surface area is 155 Å². The van der Waals surface area contributed by atoms with Gasteiger partial charge in [-0.05, 0) is 12.8 Å². The van der Waals surface area contributed by atoms with Gasteiger partial charge in [0.2, 0.25) is 11.8 Å². The molecule has 3 N–H and O–H groups in total. The smallest absolute Gasteiger partial charge is 0.229 e. The number of nitrogens with one attached hydrogen (secondary N) is 2. The fourth-order valence-electron chi connectivity index (χ4n) is 3.02. The molecule has 0 radical (unpaired) electrons. The van der Waals surface area contributed by atoms with Crippen LogP contribution in [0, 0.1) is 5.92 Å². The Bertz CT molecular complexity index is 630. The first kappa shape index (κ1) is 19.0. The molecule has 8 nitrogen and oxygen atoms in total. The van der Waals surface area contributed by atoms with Gasteiger partial charge >= 0.3 is 0 Å². The summed E-state index contributed by atoms with van der Waals surface area (Å²) in [6, 6.07) is -0.409. The van der Waals surface area contributed by atoms with Crippen LogP contribution < -0.4 is 10.6 Å². The third-order valence-corrected chi connectivity index (χ3v) is 5.12. The van der Waals surface area contributed by atoms with E-state index < -0.39 is 18.2 Å². The maximum Gasteiger partial charge on any atom is 0.229 e. The Morgan fingerprint density at radius 1 is 1.31 bits per heavy atom. The topological polar surface area (TPSA) is 110 Å². The summed E-state index contributed by atoms with van der Waals surface area (Å²) in [7, 11) is 0. The Hall–Kier alpha value is -1.81. The molecule has 1 aromatic rings. The number of aromatic nitrogens is 1. The molecule has 1 saturated heterocycles. The molecule has 1 aromatic heterocycles. The Kier molecular flexibility index (Phi) is 6.73. The minimum atomic E-state index is -0.582. The van der Waals surface area contributed by atoms with Crippen LogP contribution in [0.4, 0.5) is 5.13 Å². The number of carbonyl (C=O) groups excluding carboxylic acids is 2. The summed E-state index contributed by atoms with van der Waals surface area (Å²) in [6.07, 6.45) is 5.65. The van der Waals surface area contributed by atoms with Crippen LogP contribution in [0.2, 0.25) is 0 Å². The van der Waals surface area contributed by atoms with Crippen LogP contribution in [-0.2, 0) is 19.1 Å². The number of rotatable bonds is 6. The second-order valence-electron chi connectivity index (χ2n) is 6.29. The third kappa shape index (κ3) is 5.10. The lowest BCUT2D eigenvalue weighted by Gasteiger charge is -2.33. The number of nitrogens with zero attached hydrogens (tertiary/aromatic N) is 1. The number of aliphatic hydroxyl groups excluding tert-OH is 1. The number of amides is 2. The maximum absolute atomic E-state index is 12.4. The summed E-state index contributed by atoms with van der Waals surface area (Å²) in [6.45, 7) is 0.942. The molecule has 0 saturated carbocycles. The van der Waals surface area contributed by atoms with E-state index in [1.165, 1.54) is 11.3 Å². The summed E-state index contributed by atoms with van der Waals surface area (Å²) < 4.78 is 11.0. The average molecular weight is 381 g/mol. The first-order valence-electron chi connectivity index (χ1n) is 8.68. The van der Waals surface area contributed by atoms with Crippen molar-refractivity contribution in [3.05, 3.63) is 23.7 Å². The van der Waals surface area contributed by atoms with Crippen LogP contribution >= 0.6 is 11.3 Å². The summed E-state index contributed by atoms with van der Waals surface area (Å²) >= 11 is 1.34. The van der Waals surface area contributed by atoms with Crippen molar-refractivity contribution in [2.45, 2.75) is 37.5 Å². The van der Waals surface area contributed by atoms with E-state index in [2.05, 4.69) is 15.6 Å². The molecular formula is C17H23N3O5S. The fraction of sp³-hybridized carbons (Fsp3) is 0.588. The lowest BCUT2D eigenvalue weighted by molar-refractivity contribution is -0.131. The standard InChI is InChI=1S/C17H23N3O5S/c21-10-14-13(19-16(23)11-3-6-24-7-4-11)2-1-12(25-14)9-15(22)20-17-18-5-8-26-17/h1-2,5,8,11-14,21H,3-4,6-7,9-10H2,(H,19,23)(H,18,20,22)/t12-,13+,14+/m0/s1. The van der Waals surface area contributed by atoms with Crippen molar-refractivity contribution >= 4 is 28.3 Å². The van der Waals surface area contributed by atoms with Gasteiger partial charge in [-0.3, -0.25) is 9.59 Å². The zero-order valence-corrected chi connectivity index (χ0v) is 15.1. The molecular weight excluding hydrogens is 358 g/mol. The Balaban J connectivity index is 1.52. The highest BCUT2D eigenvalue weighted by molar-refractivity contribution is 7.13. The van der Waals surface area contributed by atoms with E-state index in [0.717, 1.165) is 0 Å². The van der Waals surface area contributed by atoms with E-state index in [9.17, 15) is 14.7 Å². The Morgan fingerprint density at radius 3 is 2.81 bits per heavy atom. The van der Waals surface area contributed by atoms with Crippen LogP contribution in [0.5, 0.6) is 0 Å². The average Bonchev–Trinajstić information content (AvgIpc) is 3.16. The monoisotopic (exact) mass is 381 g/mol. The molecule has 142 valence electrons. The van der Waals surface area contributed by atoms with Gasteiger partial charge in [0.25, 0.3) is 0 Å². The molecule has 3 atom stereocenters. The first-order valence-corrected chi connectivity index (χ1v) is 9.56. The normalized spacial score (nSPS) is 26.4. The summed E-state index contributed by atoms with van der Waals surface area (Å²) in [5, 5.41) is 17.5. The highest BCUT2D eigenvalue weighted by Gasteiger charge is 2.31. The Morgan fingerprint density at radius 2 is 2.12 bits per heavy atom. The van der Waals surface area contributed by atoms with Gasteiger partial charge in [0.15, 0.2) is 5.13 Å². The van der Waals surface area contributed by atoms with Crippen molar-refractivity contribution in [3.63, 3.8) is 0 Å². The summed E-state index contributed by atoms with van der Waals surface area (Å²) in [5.74, 6) is -0.334. The zero-order chi connectivity index (χ0) is 18.4. The minimum absolute atomic E-state index is 0.0510. The van der Waals surface area contributed by atoms with Crippen LogP contribution in [-0.4, -0.2) is 60.0 Å². The number of ether oxygens (including phenoxy) is 2. The van der Waals surface area contributed by atoms with E-state index in [4.69, 9.17) is 9.47 Å². The minimum Gasteiger partial charge on any atom is -0.394 e. The molecule has 0 spiro atoms. The summed E-state index contributed by atoms with van der Waals surface area (Å²) in [5.41, 5.74) is 0. The van der Waals surface area contributed by atoms with Crippen molar-refractivity contribution in [2.24, 2.45) is 5.92 Å². The number of thiazole rings is 1. The number of hydrogen-bond donors (Lipinski definition) is 3. The van der Waals surface area contributed by atoms with Crippen molar-refractivity contribution in [1.82, 2.24) is 10.3 Å². The van der Waals surface area contributed by atoms with Gasteiger partial charge in [-0.25, -0.2) is 4.98 Å². The fourth-order valence-corrected chi connectivity index (χ4v) is 3.56. The van der Waals surface area contributed by atoms with Crippen LogP contribution in [0.15, 0.2) is 23.7 Å². The molecule has 0 aromatic carbocycles. The van der Waals surface area contributed by atoms with Crippen LogP contribution in [0.3, 0.4) is 0 Å². The maximum atomic E-state index is 12.4. The largest absolute Gasteiger partial charge is 0.394 e. The molecule has 26 heavy (non-hydrogen) atoms. The molecule has 0 aliphatic carbocycles. The lowest BCUT2D eigenvalue weighted by atomic mass is 9.97. The van der Waals surface area contributed by atoms with Crippen LogP contribution in [0.25, 0.3) is 0 Å². The molecule has 1 fully saturated rings. The molecule has 2 amide bonds. The molecule has 3 rings (SSSR count). The second-order valence-corrected chi connectivity index (χ2v) is 7.19. The van der Waals surface area contributed by atoms with E-state index in [1.807, 2.05) is 0 Å². The second kappa shape index (κ2) is 9.22.